The molecule has 2 atom stereocenters. The Bertz CT molecular complexity index is 983. The molecule has 0 radical (unpaired) electrons. The maximum atomic E-state index is 13.1. The highest BCUT2D eigenvalue weighted by molar-refractivity contribution is 5.96. The fourth-order valence-corrected chi connectivity index (χ4v) is 2.83. The van der Waals surface area contributed by atoms with E-state index >= 15 is 0 Å². The number of nitrogens with zero attached hydrogens (tertiary/aromatic N) is 1. The molecule has 1 amide bonds. The Balaban J connectivity index is 1.99. The van der Waals surface area contributed by atoms with Crippen molar-refractivity contribution >= 4 is 5.91 Å². The minimum atomic E-state index is -4.86. The van der Waals surface area contributed by atoms with E-state index in [9.17, 15) is 23.1 Å². The lowest BCUT2D eigenvalue weighted by molar-refractivity contribution is -0.206. The summed E-state index contributed by atoms with van der Waals surface area (Å²) in [6.07, 6.45) is -4.78. The summed E-state index contributed by atoms with van der Waals surface area (Å²) in [5, 5.41) is 12.4. The Labute approximate surface area is 165 Å². The number of oxazole rings is 1. The number of aromatic nitrogens is 1. The van der Waals surface area contributed by atoms with Gasteiger partial charge >= 0.3 is 6.18 Å². The monoisotopic (exact) mass is 404 g/mol. The third-order valence-electron chi connectivity index (χ3n) is 4.40. The van der Waals surface area contributed by atoms with Crippen molar-refractivity contribution in [2.75, 3.05) is 0 Å². The summed E-state index contributed by atoms with van der Waals surface area (Å²) < 4.78 is 44.4. The predicted molar refractivity (Wildman–Crippen MR) is 100 cm³/mol. The van der Waals surface area contributed by atoms with E-state index in [1.165, 1.54) is 24.6 Å². The molecule has 1 aromatic heterocycles. The lowest BCUT2D eigenvalue weighted by Crippen LogP contribution is -2.27. The third kappa shape index (κ3) is 4.83. The summed E-state index contributed by atoms with van der Waals surface area (Å²) in [6, 6.07) is 10.3. The van der Waals surface area contributed by atoms with Gasteiger partial charge in [0.1, 0.15) is 12.3 Å². The van der Waals surface area contributed by atoms with Gasteiger partial charge in [-0.25, -0.2) is 4.98 Å². The van der Waals surface area contributed by atoms with E-state index < -0.39 is 29.8 Å². The van der Waals surface area contributed by atoms with Crippen molar-refractivity contribution in [2.24, 2.45) is 0 Å². The lowest BCUT2D eigenvalue weighted by atomic mass is 9.96. The van der Waals surface area contributed by atoms with Gasteiger partial charge in [-0.05, 0) is 48.7 Å². The average molecular weight is 404 g/mol. The molecule has 2 unspecified atom stereocenters. The zero-order valence-corrected chi connectivity index (χ0v) is 15.7. The Morgan fingerprint density at radius 3 is 2.41 bits per heavy atom. The fourth-order valence-electron chi connectivity index (χ4n) is 2.83. The van der Waals surface area contributed by atoms with Gasteiger partial charge in [0.15, 0.2) is 6.10 Å². The van der Waals surface area contributed by atoms with Crippen LogP contribution in [0, 0.1) is 6.92 Å². The van der Waals surface area contributed by atoms with Crippen molar-refractivity contribution < 1.29 is 27.5 Å². The van der Waals surface area contributed by atoms with Crippen LogP contribution < -0.4 is 5.32 Å². The van der Waals surface area contributed by atoms with Gasteiger partial charge < -0.3 is 14.8 Å². The van der Waals surface area contributed by atoms with Crippen molar-refractivity contribution in [1.29, 1.82) is 0 Å². The van der Waals surface area contributed by atoms with Gasteiger partial charge in [0.25, 0.3) is 5.91 Å². The number of aryl methyl sites for hydroxylation is 1. The number of hydrogen-bond acceptors (Lipinski definition) is 4. The summed E-state index contributed by atoms with van der Waals surface area (Å²) in [7, 11) is 0. The standard InChI is InChI=1S/C21H19F3N2O3/c1-12-3-5-14(6-4-12)15-9-16(18(27)21(22,23)24)11-17(10-15)19(28)26-13(2)20-25-7-8-29-20/h3-11,13,18,27H,1-2H3,(H,26,28). The van der Waals surface area contributed by atoms with Crippen molar-refractivity contribution in [3.05, 3.63) is 77.5 Å². The molecule has 2 aromatic carbocycles. The molecule has 152 valence electrons. The number of aliphatic hydroxyl groups excluding tert-OH is 1. The molecule has 0 bridgehead atoms. The average Bonchev–Trinajstić information content (AvgIpc) is 3.22. The number of amides is 1. The highest BCUT2D eigenvalue weighted by Crippen LogP contribution is 2.35. The molecular weight excluding hydrogens is 385 g/mol. The molecule has 0 aliphatic heterocycles. The van der Waals surface area contributed by atoms with Crippen molar-refractivity contribution in [3.8, 4) is 11.1 Å². The minimum absolute atomic E-state index is 0.0141. The number of carbonyl (C=O) groups is 1. The van der Waals surface area contributed by atoms with Gasteiger partial charge in [0.05, 0.1) is 6.20 Å². The van der Waals surface area contributed by atoms with E-state index in [1.807, 2.05) is 19.1 Å². The molecule has 2 N–H and O–H groups in total. The van der Waals surface area contributed by atoms with Gasteiger partial charge in [0, 0.05) is 5.56 Å². The smallest absolute Gasteiger partial charge is 0.418 e. The fraction of sp³-hybridized carbons (Fsp3) is 0.238. The van der Waals surface area contributed by atoms with Crippen LogP contribution in [0.4, 0.5) is 13.2 Å². The van der Waals surface area contributed by atoms with Crippen LogP contribution in [0.5, 0.6) is 0 Å². The largest absolute Gasteiger partial charge is 0.447 e. The van der Waals surface area contributed by atoms with E-state index in [0.717, 1.165) is 11.6 Å². The number of aliphatic hydroxyl groups is 1. The van der Waals surface area contributed by atoms with E-state index in [0.29, 0.717) is 11.1 Å². The Hall–Kier alpha value is -3.13. The van der Waals surface area contributed by atoms with Gasteiger partial charge in [0.2, 0.25) is 5.89 Å². The number of hydrogen-bond donors (Lipinski definition) is 2. The van der Waals surface area contributed by atoms with E-state index in [1.54, 1.807) is 19.1 Å². The molecule has 0 spiro atoms. The highest BCUT2D eigenvalue weighted by atomic mass is 19.4. The van der Waals surface area contributed by atoms with Crippen LogP contribution >= 0.6 is 0 Å². The number of carbonyl (C=O) groups excluding carboxylic acids is 1. The summed E-state index contributed by atoms with van der Waals surface area (Å²) >= 11 is 0. The molecule has 3 aromatic rings. The molecule has 0 saturated carbocycles. The zero-order chi connectivity index (χ0) is 21.2. The van der Waals surface area contributed by atoms with E-state index in [4.69, 9.17) is 4.42 Å². The van der Waals surface area contributed by atoms with Crippen LogP contribution in [0.2, 0.25) is 0 Å². The lowest BCUT2D eigenvalue weighted by Gasteiger charge is -2.18. The van der Waals surface area contributed by atoms with E-state index in [2.05, 4.69) is 10.3 Å². The van der Waals surface area contributed by atoms with Gasteiger partial charge in [-0.1, -0.05) is 29.8 Å². The Morgan fingerprint density at radius 2 is 1.83 bits per heavy atom. The maximum absolute atomic E-state index is 13.1. The molecule has 5 nitrogen and oxygen atoms in total. The summed E-state index contributed by atoms with van der Waals surface area (Å²) in [5.74, 6) is -0.344. The van der Waals surface area contributed by atoms with Crippen LogP contribution in [0.15, 0.2) is 59.3 Å². The van der Waals surface area contributed by atoms with Crippen molar-refractivity contribution in [3.63, 3.8) is 0 Å². The second-order valence-electron chi connectivity index (χ2n) is 6.72. The van der Waals surface area contributed by atoms with Crippen LogP contribution in [-0.4, -0.2) is 22.2 Å². The number of rotatable bonds is 5. The first-order valence-electron chi connectivity index (χ1n) is 8.82. The summed E-state index contributed by atoms with van der Waals surface area (Å²) in [6.45, 7) is 3.52. The van der Waals surface area contributed by atoms with Crippen LogP contribution in [0.1, 0.15) is 46.4 Å². The molecule has 29 heavy (non-hydrogen) atoms. The maximum Gasteiger partial charge on any atom is 0.418 e. The predicted octanol–water partition coefficient (Wildman–Crippen LogP) is 4.74. The van der Waals surface area contributed by atoms with Crippen LogP contribution in [0.3, 0.4) is 0 Å². The third-order valence-corrected chi connectivity index (χ3v) is 4.40. The van der Waals surface area contributed by atoms with Gasteiger partial charge in [-0.15, -0.1) is 0 Å². The molecule has 0 aliphatic rings. The summed E-state index contributed by atoms with van der Waals surface area (Å²) in [5.41, 5.74) is 1.57. The van der Waals surface area contributed by atoms with Crippen molar-refractivity contribution in [1.82, 2.24) is 10.3 Å². The van der Waals surface area contributed by atoms with Crippen molar-refractivity contribution in [2.45, 2.75) is 32.2 Å². The highest BCUT2D eigenvalue weighted by Gasteiger charge is 2.39. The first-order valence-corrected chi connectivity index (χ1v) is 8.82. The molecule has 1 heterocycles. The first kappa shape index (κ1) is 20.6. The summed E-state index contributed by atoms with van der Waals surface area (Å²) in [4.78, 5) is 16.6. The number of alkyl halides is 3. The second kappa shape index (κ2) is 8.08. The molecular formula is C21H19F3N2O3. The van der Waals surface area contributed by atoms with Crippen LogP contribution in [0.25, 0.3) is 11.1 Å². The van der Waals surface area contributed by atoms with E-state index in [-0.39, 0.29) is 11.5 Å². The molecule has 0 aliphatic carbocycles. The van der Waals surface area contributed by atoms with Gasteiger partial charge in [-0.2, -0.15) is 13.2 Å². The molecule has 8 heteroatoms. The number of nitrogens with one attached hydrogen (secondary N) is 1. The normalized spacial score (nSPS) is 13.7. The Morgan fingerprint density at radius 1 is 1.14 bits per heavy atom. The molecule has 0 saturated heterocycles. The van der Waals surface area contributed by atoms with Gasteiger partial charge in [-0.3, -0.25) is 4.79 Å². The SMILES string of the molecule is Cc1ccc(-c2cc(C(=O)NC(C)c3ncco3)cc(C(O)C(F)(F)F)c2)cc1. The quantitative estimate of drug-likeness (QED) is 0.644. The Kier molecular flexibility index (Phi) is 5.74. The van der Waals surface area contributed by atoms with Crippen LogP contribution in [-0.2, 0) is 0 Å². The molecule has 3 rings (SSSR count). The second-order valence-corrected chi connectivity index (χ2v) is 6.72. The zero-order valence-electron chi connectivity index (χ0n) is 15.7. The number of benzene rings is 2. The topological polar surface area (TPSA) is 75.4 Å². The number of halogens is 3. The molecule has 0 fully saturated rings. The minimum Gasteiger partial charge on any atom is -0.447 e. The first-order chi connectivity index (χ1) is 13.6.